The Kier molecular flexibility index (Phi) is 6.90. The van der Waals surface area contributed by atoms with Gasteiger partial charge in [0.2, 0.25) is 0 Å². The van der Waals surface area contributed by atoms with E-state index in [1.54, 1.807) is 0 Å². The Balaban J connectivity index is 1.40. The monoisotopic (exact) mass is 334 g/mol. The molecule has 2 aliphatic rings. The summed E-state index contributed by atoms with van der Waals surface area (Å²) in [4.78, 5) is 4.87. The lowest BCUT2D eigenvalue weighted by molar-refractivity contribution is -0.0324. The molecular formula is C19H30N2O3. The molecule has 5 heteroatoms. The van der Waals surface area contributed by atoms with Gasteiger partial charge < -0.3 is 14.2 Å². The largest absolute Gasteiger partial charge is 0.492 e. The number of hydrogen-bond acceptors (Lipinski definition) is 5. The van der Waals surface area contributed by atoms with Gasteiger partial charge in [-0.1, -0.05) is 19.1 Å². The van der Waals surface area contributed by atoms with E-state index in [1.165, 1.54) is 5.56 Å². The van der Waals surface area contributed by atoms with E-state index < -0.39 is 0 Å². The molecule has 0 saturated carbocycles. The van der Waals surface area contributed by atoms with E-state index in [0.717, 1.165) is 77.9 Å². The summed E-state index contributed by atoms with van der Waals surface area (Å²) in [5.74, 6) is 0.959. The normalized spacial score (nSPS) is 23.3. The lowest BCUT2D eigenvalue weighted by atomic mass is 10.1. The van der Waals surface area contributed by atoms with Crippen LogP contribution in [-0.4, -0.2) is 75.1 Å². The fourth-order valence-corrected chi connectivity index (χ4v) is 3.24. The molecule has 2 saturated heterocycles. The van der Waals surface area contributed by atoms with Crippen molar-refractivity contribution >= 4 is 0 Å². The third kappa shape index (κ3) is 5.45. The molecule has 134 valence electrons. The number of benzene rings is 1. The Morgan fingerprint density at radius 2 is 1.79 bits per heavy atom. The van der Waals surface area contributed by atoms with Gasteiger partial charge in [-0.2, -0.15) is 0 Å². The number of morpholine rings is 2. The maximum Gasteiger partial charge on any atom is 0.119 e. The molecular weight excluding hydrogens is 304 g/mol. The molecule has 24 heavy (non-hydrogen) atoms. The molecule has 2 heterocycles. The second-order valence-corrected chi connectivity index (χ2v) is 6.58. The standard InChI is InChI=1S/C19H30N2O3/c1-2-18-16-21(10-14-23-18)15-17-3-5-19(6-4-17)24-13-9-20-7-11-22-12-8-20/h3-6,18H,2,7-16H2,1H3/t18-/m0/s1. The summed E-state index contributed by atoms with van der Waals surface area (Å²) in [7, 11) is 0. The van der Waals surface area contributed by atoms with Crippen LogP contribution in [0.25, 0.3) is 0 Å². The van der Waals surface area contributed by atoms with Gasteiger partial charge in [-0.15, -0.1) is 0 Å². The number of rotatable bonds is 7. The maximum absolute atomic E-state index is 5.87. The highest BCUT2D eigenvalue weighted by atomic mass is 16.5. The van der Waals surface area contributed by atoms with E-state index in [-0.39, 0.29) is 0 Å². The molecule has 2 fully saturated rings. The molecule has 0 bridgehead atoms. The van der Waals surface area contributed by atoms with Crippen molar-refractivity contribution in [2.24, 2.45) is 0 Å². The van der Waals surface area contributed by atoms with Gasteiger partial charge in [-0.05, 0) is 24.1 Å². The molecule has 3 rings (SSSR count). The fraction of sp³-hybridized carbons (Fsp3) is 0.684. The van der Waals surface area contributed by atoms with Crippen molar-refractivity contribution < 1.29 is 14.2 Å². The molecule has 2 aliphatic heterocycles. The van der Waals surface area contributed by atoms with Crippen LogP contribution in [0, 0.1) is 0 Å². The molecule has 5 nitrogen and oxygen atoms in total. The zero-order chi connectivity index (χ0) is 16.6. The van der Waals surface area contributed by atoms with Gasteiger partial charge in [0.1, 0.15) is 12.4 Å². The summed E-state index contributed by atoms with van der Waals surface area (Å²) < 4.78 is 17.0. The number of nitrogens with zero attached hydrogens (tertiary/aromatic N) is 2. The van der Waals surface area contributed by atoms with E-state index >= 15 is 0 Å². The van der Waals surface area contributed by atoms with Crippen molar-refractivity contribution in [3.8, 4) is 5.75 Å². The zero-order valence-corrected chi connectivity index (χ0v) is 14.8. The highest BCUT2D eigenvalue weighted by molar-refractivity contribution is 5.27. The predicted molar refractivity (Wildman–Crippen MR) is 94.5 cm³/mol. The first-order valence-corrected chi connectivity index (χ1v) is 9.19. The summed E-state index contributed by atoms with van der Waals surface area (Å²) in [5.41, 5.74) is 1.34. The SMILES string of the molecule is CC[C@H]1CN(Cc2ccc(OCCN3CCOCC3)cc2)CCO1. The molecule has 1 aromatic carbocycles. The topological polar surface area (TPSA) is 34.2 Å². The lowest BCUT2D eigenvalue weighted by Crippen LogP contribution is -2.41. The first-order chi connectivity index (χ1) is 11.8. The van der Waals surface area contributed by atoms with Crippen LogP contribution in [0.3, 0.4) is 0 Å². The van der Waals surface area contributed by atoms with Crippen molar-refractivity contribution in [3.63, 3.8) is 0 Å². The van der Waals surface area contributed by atoms with Crippen molar-refractivity contribution in [1.29, 1.82) is 0 Å². The van der Waals surface area contributed by atoms with Crippen LogP contribution in [0.1, 0.15) is 18.9 Å². The van der Waals surface area contributed by atoms with E-state index in [0.29, 0.717) is 6.10 Å². The van der Waals surface area contributed by atoms with Crippen molar-refractivity contribution in [2.45, 2.75) is 26.0 Å². The van der Waals surface area contributed by atoms with Crippen LogP contribution >= 0.6 is 0 Å². The Morgan fingerprint density at radius 3 is 2.54 bits per heavy atom. The highest BCUT2D eigenvalue weighted by Gasteiger charge is 2.18. The number of hydrogen-bond donors (Lipinski definition) is 0. The van der Waals surface area contributed by atoms with E-state index in [4.69, 9.17) is 14.2 Å². The quantitative estimate of drug-likeness (QED) is 0.762. The third-order valence-electron chi connectivity index (χ3n) is 4.79. The van der Waals surface area contributed by atoms with Crippen LogP contribution in [0.2, 0.25) is 0 Å². The highest BCUT2D eigenvalue weighted by Crippen LogP contribution is 2.16. The van der Waals surface area contributed by atoms with E-state index in [1.807, 2.05) is 0 Å². The van der Waals surface area contributed by atoms with Gasteiger partial charge >= 0.3 is 0 Å². The molecule has 0 N–H and O–H groups in total. The summed E-state index contributed by atoms with van der Waals surface area (Å²) in [6, 6.07) is 8.54. The molecule has 0 aliphatic carbocycles. The predicted octanol–water partition coefficient (Wildman–Crippen LogP) is 2.01. The van der Waals surface area contributed by atoms with Crippen LogP contribution < -0.4 is 4.74 Å². The Labute approximate surface area is 145 Å². The first-order valence-electron chi connectivity index (χ1n) is 9.19. The van der Waals surface area contributed by atoms with E-state index in [9.17, 15) is 0 Å². The second kappa shape index (κ2) is 9.37. The summed E-state index contributed by atoms with van der Waals surface area (Å²) >= 11 is 0. The van der Waals surface area contributed by atoms with Gasteiger partial charge in [0.05, 0.1) is 25.9 Å². The second-order valence-electron chi connectivity index (χ2n) is 6.58. The van der Waals surface area contributed by atoms with Gasteiger partial charge in [0.25, 0.3) is 0 Å². The molecule has 0 aromatic heterocycles. The van der Waals surface area contributed by atoms with Crippen LogP contribution in [0.15, 0.2) is 24.3 Å². The minimum atomic E-state index is 0.390. The van der Waals surface area contributed by atoms with Crippen molar-refractivity contribution in [3.05, 3.63) is 29.8 Å². The zero-order valence-electron chi connectivity index (χ0n) is 14.8. The smallest absolute Gasteiger partial charge is 0.119 e. The molecule has 0 amide bonds. The molecule has 0 spiro atoms. The minimum absolute atomic E-state index is 0.390. The van der Waals surface area contributed by atoms with Crippen LogP contribution in [0.4, 0.5) is 0 Å². The van der Waals surface area contributed by atoms with Gasteiger partial charge in [-0.3, -0.25) is 9.80 Å². The first kappa shape index (κ1) is 17.7. The lowest BCUT2D eigenvalue weighted by Gasteiger charge is -2.32. The average molecular weight is 334 g/mol. The molecule has 0 radical (unpaired) electrons. The fourth-order valence-electron chi connectivity index (χ4n) is 3.24. The minimum Gasteiger partial charge on any atom is -0.492 e. The Morgan fingerprint density at radius 1 is 1.04 bits per heavy atom. The Bertz CT molecular complexity index is 474. The van der Waals surface area contributed by atoms with Crippen LogP contribution in [-0.2, 0) is 16.0 Å². The molecule has 1 aromatic rings. The summed E-state index contributed by atoms with van der Waals surface area (Å²) in [6.45, 7) is 11.5. The van der Waals surface area contributed by atoms with Gasteiger partial charge in [0.15, 0.2) is 0 Å². The molecule has 0 unspecified atom stereocenters. The number of ether oxygens (including phenoxy) is 3. The Hall–Kier alpha value is -1.14. The van der Waals surface area contributed by atoms with Crippen molar-refractivity contribution in [1.82, 2.24) is 9.80 Å². The van der Waals surface area contributed by atoms with Crippen molar-refractivity contribution in [2.75, 3.05) is 59.2 Å². The molecule has 1 atom stereocenters. The summed E-state index contributed by atoms with van der Waals surface area (Å²) in [5, 5.41) is 0. The summed E-state index contributed by atoms with van der Waals surface area (Å²) in [6.07, 6.45) is 1.48. The van der Waals surface area contributed by atoms with Gasteiger partial charge in [-0.25, -0.2) is 0 Å². The third-order valence-corrected chi connectivity index (χ3v) is 4.79. The van der Waals surface area contributed by atoms with E-state index in [2.05, 4.69) is 41.0 Å². The van der Waals surface area contributed by atoms with Gasteiger partial charge in [0, 0.05) is 39.3 Å². The average Bonchev–Trinajstić information content (AvgIpc) is 2.64. The maximum atomic E-state index is 5.87. The van der Waals surface area contributed by atoms with Crippen LogP contribution in [0.5, 0.6) is 5.75 Å².